The molecule has 6 heteroatoms. The average molecular weight is 301 g/mol. The molecule has 115 valence electrons. The lowest BCUT2D eigenvalue weighted by Crippen LogP contribution is -2.37. The van der Waals surface area contributed by atoms with E-state index >= 15 is 0 Å². The normalized spacial score (nSPS) is 11.2. The molecule has 0 saturated carbocycles. The van der Waals surface area contributed by atoms with Gasteiger partial charge in [-0.25, -0.2) is 0 Å². The van der Waals surface area contributed by atoms with E-state index in [1.54, 1.807) is 12.1 Å². The molecule has 1 radical (unpaired) electrons. The van der Waals surface area contributed by atoms with Crippen LogP contribution in [-0.2, 0) is 20.8 Å². The predicted octanol–water partition coefficient (Wildman–Crippen LogP) is 1.34. The van der Waals surface area contributed by atoms with Crippen molar-refractivity contribution in [3.8, 4) is 6.07 Å². The molecule has 0 aromatic heterocycles. The van der Waals surface area contributed by atoms with Gasteiger partial charge in [-0.15, -0.1) is 0 Å². The van der Waals surface area contributed by atoms with Crippen molar-refractivity contribution in [2.75, 3.05) is 0 Å². The molecule has 0 aliphatic rings. The van der Waals surface area contributed by atoms with Gasteiger partial charge in [0.15, 0.2) is 0 Å². The minimum Gasteiger partial charge on any atom is -0.481 e. The van der Waals surface area contributed by atoms with Gasteiger partial charge in [0.1, 0.15) is 6.04 Å². The van der Waals surface area contributed by atoms with Crippen molar-refractivity contribution in [2.24, 2.45) is 0 Å². The minimum atomic E-state index is -1.16. The summed E-state index contributed by atoms with van der Waals surface area (Å²) in [5.41, 5.74) is 1.70. The highest BCUT2D eigenvalue weighted by Crippen LogP contribution is 2.08. The third kappa shape index (κ3) is 6.66. The van der Waals surface area contributed by atoms with Crippen molar-refractivity contribution < 1.29 is 19.5 Å². The van der Waals surface area contributed by atoms with Gasteiger partial charge in [0.25, 0.3) is 0 Å². The Hall–Kier alpha value is -2.68. The molecular formula is C16H17N2O4. The molecule has 1 rings (SSSR count). The number of hydrogen-bond acceptors (Lipinski definition) is 4. The number of carboxylic acids is 1. The fourth-order valence-corrected chi connectivity index (χ4v) is 1.92. The molecule has 0 spiro atoms. The fourth-order valence-electron chi connectivity index (χ4n) is 1.92. The Labute approximate surface area is 128 Å². The van der Waals surface area contributed by atoms with Crippen molar-refractivity contribution in [3.05, 3.63) is 35.4 Å². The van der Waals surface area contributed by atoms with Gasteiger partial charge in [-0.05, 0) is 37.0 Å². The SMILES string of the molecule is N#Cc1ccc(CCCCC(=O)N[C@H]([C]=O)CC(=O)O)cc1. The van der Waals surface area contributed by atoms with Crippen LogP contribution in [0.15, 0.2) is 24.3 Å². The maximum Gasteiger partial charge on any atom is 0.305 e. The Kier molecular flexibility index (Phi) is 7.34. The Morgan fingerprint density at radius 2 is 1.91 bits per heavy atom. The van der Waals surface area contributed by atoms with Crippen LogP contribution in [0.1, 0.15) is 36.8 Å². The van der Waals surface area contributed by atoms with Crippen LogP contribution in [0, 0.1) is 11.3 Å². The molecule has 22 heavy (non-hydrogen) atoms. The summed E-state index contributed by atoms with van der Waals surface area (Å²) in [5.74, 6) is -1.51. The van der Waals surface area contributed by atoms with Gasteiger partial charge in [0, 0.05) is 6.42 Å². The van der Waals surface area contributed by atoms with E-state index in [-0.39, 0.29) is 12.3 Å². The highest BCUT2D eigenvalue weighted by molar-refractivity contribution is 5.82. The minimum absolute atomic E-state index is 0.230. The van der Waals surface area contributed by atoms with Crippen LogP contribution in [0.4, 0.5) is 0 Å². The molecule has 0 saturated heterocycles. The number of nitrogens with zero attached hydrogens (tertiary/aromatic N) is 1. The van der Waals surface area contributed by atoms with Crippen molar-refractivity contribution in [2.45, 2.75) is 38.1 Å². The second kappa shape index (κ2) is 9.29. The summed E-state index contributed by atoms with van der Waals surface area (Å²) >= 11 is 0. The smallest absolute Gasteiger partial charge is 0.305 e. The molecule has 2 N–H and O–H groups in total. The first-order chi connectivity index (χ1) is 10.5. The number of amides is 1. The lowest BCUT2D eigenvalue weighted by Gasteiger charge is -2.09. The van der Waals surface area contributed by atoms with E-state index in [9.17, 15) is 14.4 Å². The Bertz CT molecular complexity index is 561. The summed E-state index contributed by atoms with van der Waals surface area (Å²) in [7, 11) is 0. The second-order valence-electron chi connectivity index (χ2n) is 4.85. The van der Waals surface area contributed by atoms with Crippen LogP contribution in [0.3, 0.4) is 0 Å². The molecule has 1 atom stereocenters. The number of benzene rings is 1. The van der Waals surface area contributed by atoms with Gasteiger partial charge in [-0.2, -0.15) is 5.26 Å². The summed E-state index contributed by atoms with van der Waals surface area (Å²) < 4.78 is 0. The summed E-state index contributed by atoms with van der Waals surface area (Å²) in [6, 6.07) is 8.21. The number of rotatable bonds is 9. The first-order valence-corrected chi connectivity index (χ1v) is 6.93. The van der Waals surface area contributed by atoms with E-state index in [4.69, 9.17) is 10.4 Å². The number of carbonyl (C=O) groups is 2. The molecule has 1 aromatic rings. The van der Waals surface area contributed by atoms with E-state index < -0.39 is 18.4 Å². The van der Waals surface area contributed by atoms with Crippen LogP contribution in [0.25, 0.3) is 0 Å². The third-order valence-electron chi connectivity index (χ3n) is 3.06. The van der Waals surface area contributed by atoms with E-state index in [2.05, 4.69) is 5.32 Å². The molecule has 0 aliphatic carbocycles. The number of aliphatic carboxylic acids is 1. The van der Waals surface area contributed by atoms with Crippen LogP contribution < -0.4 is 5.32 Å². The number of carbonyl (C=O) groups excluding carboxylic acids is 2. The Balaban J connectivity index is 2.25. The van der Waals surface area contributed by atoms with E-state index in [0.717, 1.165) is 18.4 Å². The van der Waals surface area contributed by atoms with Gasteiger partial charge in [-0.1, -0.05) is 12.1 Å². The Morgan fingerprint density at radius 3 is 2.45 bits per heavy atom. The van der Waals surface area contributed by atoms with Gasteiger partial charge in [0.05, 0.1) is 18.1 Å². The number of carboxylic acid groups (broad SMARTS) is 1. The second-order valence-corrected chi connectivity index (χ2v) is 4.85. The topological polar surface area (TPSA) is 107 Å². The maximum absolute atomic E-state index is 11.6. The van der Waals surface area contributed by atoms with Gasteiger partial charge in [-0.3, -0.25) is 14.4 Å². The van der Waals surface area contributed by atoms with Crippen LogP contribution >= 0.6 is 0 Å². The molecule has 0 fully saturated rings. The summed E-state index contributed by atoms with van der Waals surface area (Å²) in [6.07, 6.45) is 3.48. The monoisotopic (exact) mass is 301 g/mol. The molecular weight excluding hydrogens is 284 g/mol. The van der Waals surface area contributed by atoms with Crippen molar-refractivity contribution in [1.82, 2.24) is 5.32 Å². The lowest BCUT2D eigenvalue weighted by molar-refractivity contribution is -0.137. The molecule has 0 bridgehead atoms. The lowest BCUT2D eigenvalue weighted by atomic mass is 10.1. The maximum atomic E-state index is 11.6. The van der Waals surface area contributed by atoms with Crippen LogP contribution in [0.5, 0.6) is 0 Å². The zero-order chi connectivity index (χ0) is 16.4. The Morgan fingerprint density at radius 1 is 1.23 bits per heavy atom. The highest BCUT2D eigenvalue weighted by Gasteiger charge is 2.15. The quantitative estimate of drug-likeness (QED) is 0.669. The molecule has 1 aromatic carbocycles. The number of nitriles is 1. The highest BCUT2D eigenvalue weighted by atomic mass is 16.4. The number of nitrogens with one attached hydrogen (secondary N) is 1. The van der Waals surface area contributed by atoms with Crippen LogP contribution in [-0.4, -0.2) is 29.3 Å². The molecule has 0 unspecified atom stereocenters. The summed E-state index contributed by atoms with van der Waals surface area (Å²) in [5, 5.41) is 19.6. The predicted molar refractivity (Wildman–Crippen MR) is 78.6 cm³/mol. The van der Waals surface area contributed by atoms with E-state index in [1.807, 2.05) is 18.2 Å². The summed E-state index contributed by atoms with van der Waals surface area (Å²) in [4.78, 5) is 32.5. The summed E-state index contributed by atoms with van der Waals surface area (Å²) in [6.45, 7) is 0. The third-order valence-corrected chi connectivity index (χ3v) is 3.06. The number of hydrogen-bond donors (Lipinski definition) is 2. The first kappa shape index (κ1) is 17.4. The molecule has 1 amide bonds. The van der Waals surface area contributed by atoms with Crippen LogP contribution in [0.2, 0.25) is 0 Å². The van der Waals surface area contributed by atoms with Crippen molar-refractivity contribution in [3.63, 3.8) is 0 Å². The van der Waals surface area contributed by atoms with Crippen molar-refractivity contribution in [1.29, 1.82) is 5.26 Å². The largest absolute Gasteiger partial charge is 0.481 e. The number of unbranched alkanes of at least 4 members (excludes halogenated alkanes) is 1. The van der Waals surface area contributed by atoms with Gasteiger partial charge >= 0.3 is 5.97 Å². The van der Waals surface area contributed by atoms with Gasteiger partial charge < -0.3 is 10.4 Å². The molecule has 0 heterocycles. The zero-order valence-electron chi connectivity index (χ0n) is 12.0. The van der Waals surface area contributed by atoms with Crippen molar-refractivity contribution >= 4 is 18.2 Å². The molecule has 0 aliphatic heterocycles. The average Bonchev–Trinajstić information content (AvgIpc) is 2.51. The van der Waals surface area contributed by atoms with E-state index in [0.29, 0.717) is 12.0 Å². The number of aryl methyl sites for hydroxylation is 1. The van der Waals surface area contributed by atoms with Gasteiger partial charge in [0.2, 0.25) is 12.2 Å². The zero-order valence-corrected chi connectivity index (χ0v) is 12.0. The standard InChI is InChI=1S/C16H17N2O4/c17-10-13-7-5-12(6-8-13)3-1-2-4-15(20)18-14(11-19)9-16(21)22/h5-8,14H,1-4,9H2,(H,18,20)(H,21,22)/t14-/m0/s1. The first-order valence-electron chi connectivity index (χ1n) is 6.93. The fraction of sp³-hybridized carbons (Fsp3) is 0.375. The molecule has 6 nitrogen and oxygen atoms in total. The van der Waals surface area contributed by atoms with E-state index in [1.165, 1.54) is 6.29 Å².